The van der Waals surface area contributed by atoms with Gasteiger partial charge in [-0.1, -0.05) is 89.5 Å². The molecule has 0 aliphatic heterocycles. The van der Waals surface area contributed by atoms with Gasteiger partial charge in [0.1, 0.15) is 11.5 Å². The van der Waals surface area contributed by atoms with Gasteiger partial charge in [-0.05, 0) is 185 Å². The molecule has 0 spiro atoms. The lowest BCUT2D eigenvalue weighted by molar-refractivity contribution is 0.300. The Bertz CT molecular complexity index is 1350. The molecule has 288 valence electrons. The van der Waals surface area contributed by atoms with Gasteiger partial charge in [-0.3, -0.25) is 0 Å². The Hall–Kier alpha value is -2.78. The van der Waals surface area contributed by atoms with Crippen molar-refractivity contribution in [2.75, 3.05) is 0 Å². The Morgan fingerprint density at radius 1 is 0.491 bits per heavy atom. The smallest absolute Gasteiger partial charge is 0.130 e. The highest BCUT2D eigenvalue weighted by Gasteiger charge is 2.28. The molecule has 4 fully saturated rings. The van der Waals surface area contributed by atoms with Gasteiger partial charge in [-0.25, -0.2) is 0 Å². The van der Waals surface area contributed by atoms with Crippen LogP contribution in [0.3, 0.4) is 0 Å². The fourth-order valence-corrected chi connectivity index (χ4v) is 10.9. The highest BCUT2D eigenvalue weighted by molar-refractivity contribution is 5.46. The SMILES string of the molecule is CCCCC[C@H]1CC[C@H](c2ccc(Oc3ccc([C@H]4CC[C@H](CCCCC)CC4)cc3C[C@H]3CC[C@H](C#N)CC3)c(C[C@H]3CC[C@H](C#N)CC3)c2)CC1. The van der Waals surface area contributed by atoms with Gasteiger partial charge in [-0.15, -0.1) is 0 Å². The summed E-state index contributed by atoms with van der Waals surface area (Å²) >= 11 is 0. The van der Waals surface area contributed by atoms with Crippen LogP contribution in [0, 0.1) is 58.2 Å². The normalized spacial score (nSPS) is 29.2. The summed E-state index contributed by atoms with van der Waals surface area (Å²) in [5.41, 5.74) is 5.83. The maximum absolute atomic E-state index is 9.57. The Kier molecular flexibility index (Phi) is 15.6. The third-order valence-corrected chi connectivity index (χ3v) is 14.5. The Labute approximate surface area is 324 Å². The number of benzene rings is 2. The number of hydrogen-bond acceptors (Lipinski definition) is 3. The average molecular weight is 717 g/mol. The Balaban J connectivity index is 1.21. The molecule has 0 radical (unpaired) electrons. The van der Waals surface area contributed by atoms with Crippen molar-refractivity contribution in [1.29, 1.82) is 10.5 Å². The molecule has 0 atom stereocenters. The van der Waals surface area contributed by atoms with E-state index in [4.69, 9.17) is 4.74 Å². The van der Waals surface area contributed by atoms with Crippen molar-refractivity contribution in [3.05, 3.63) is 58.7 Å². The van der Waals surface area contributed by atoms with Gasteiger partial charge in [0.15, 0.2) is 0 Å². The predicted octanol–water partition coefficient (Wildman–Crippen LogP) is 14.9. The first kappa shape index (κ1) is 39.9. The van der Waals surface area contributed by atoms with Crippen molar-refractivity contribution in [1.82, 2.24) is 0 Å². The van der Waals surface area contributed by atoms with Gasteiger partial charge >= 0.3 is 0 Å². The number of unbranched alkanes of at least 4 members (excludes halogenated alkanes) is 4. The predicted molar refractivity (Wildman–Crippen MR) is 220 cm³/mol. The highest BCUT2D eigenvalue weighted by atomic mass is 16.5. The summed E-state index contributed by atoms with van der Waals surface area (Å²) in [5.74, 6) is 7.02. The molecule has 2 aromatic rings. The second-order valence-corrected chi connectivity index (χ2v) is 18.4. The molecule has 0 heterocycles. The van der Waals surface area contributed by atoms with Gasteiger partial charge in [0.25, 0.3) is 0 Å². The Morgan fingerprint density at radius 3 is 1.23 bits per heavy atom. The average Bonchev–Trinajstić information content (AvgIpc) is 3.20. The number of ether oxygens (including phenoxy) is 1. The van der Waals surface area contributed by atoms with Gasteiger partial charge in [0, 0.05) is 11.8 Å². The highest BCUT2D eigenvalue weighted by Crippen LogP contribution is 2.44. The molecule has 53 heavy (non-hydrogen) atoms. The third-order valence-electron chi connectivity index (χ3n) is 14.5. The topological polar surface area (TPSA) is 56.8 Å². The molecule has 0 saturated heterocycles. The number of rotatable bonds is 16. The fraction of sp³-hybridized carbons (Fsp3) is 0.720. The largest absolute Gasteiger partial charge is 0.457 e. The van der Waals surface area contributed by atoms with Crippen LogP contribution in [0.5, 0.6) is 11.5 Å². The molecular formula is C50H72N2O. The summed E-state index contributed by atoms with van der Waals surface area (Å²) in [4.78, 5) is 0. The van der Waals surface area contributed by atoms with Gasteiger partial charge in [0.05, 0.1) is 12.1 Å². The Morgan fingerprint density at radius 2 is 0.868 bits per heavy atom. The quantitative estimate of drug-likeness (QED) is 0.163. The zero-order chi connectivity index (χ0) is 36.8. The lowest BCUT2D eigenvalue weighted by Gasteiger charge is -2.31. The van der Waals surface area contributed by atoms with Crippen LogP contribution in [-0.2, 0) is 12.8 Å². The molecule has 4 aliphatic rings. The summed E-state index contributed by atoms with van der Waals surface area (Å²) in [6.45, 7) is 4.63. The molecule has 0 amide bonds. The van der Waals surface area contributed by atoms with E-state index in [0.717, 1.165) is 87.5 Å². The molecule has 4 saturated carbocycles. The van der Waals surface area contributed by atoms with Gasteiger partial charge in [-0.2, -0.15) is 10.5 Å². The van der Waals surface area contributed by atoms with Crippen LogP contribution in [0.2, 0.25) is 0 Å². The lowest BCUT2D eigenvalue weighted by atomic mass is 9.76. The van der Waals surface area contributed by atoms with E-state index in [1.807, 2.05) is 0 Å². The minimum Gasteiger partial charge on any atom is -0.457 e. The zero-order valence-electron chi connectivity index (χ0n) is 33.8. The van der Waals surface area contributed by atoms with Gasteiger partial charge in [0.2, 0.25) is 0 Å². The molecule has 0 unspecified atom stereocenters. The van der Waals surface area contributed by atoms with Crippen molar-refractivity contribution in [2.24, 2.45) is 35.5 Å². The molecule has 3 nitrogen and oxygen atoms in total. The standard InChI is InChI=1S/C50H72N2O/c1-3-5-7-9-37-19-23-43(24-20-37)45-27-29-49(47(33-45)31-39-11-15-41(35-51)16-12-39)53-50-30-28-46(44-25-21-38(22-26-44)10-8-6-4-2)34-48(50)32-40-13-17-42(36-52)18-14-40/h27-30,33-34,37-44H,3-26,31-32H2,1-2H3/t37-,38-,39-,40-,41-,42-,43-,44-. The van der Waals surface area contributed by atoms with E-state index >= 15 is 0 Å². The second kappa shape index (κ2) is 20.8. The maximum atomic E-state index is 9.57. The van der Waals surface area contributed by atoms with Crippen molar-refractivity contribution in [3.8, 4) is 23.6 Å². The first-order valence-electron chi connectivity index (χ1n) is 22.8. The van der Waals surface area contributed by atoms with Crippen molar-refractivity contribution >= 4 is 0 Å². The maximum Gasteiger partial charge on any atom is 0.130 e. The number of nitriles is 2. The van der Waals surface area contributed by atoms with Crippen molar-refractivity contribution in [2.45, 2.75) is 193 Å². The monoisotopic (exact) mass is 717 g/mol. The molecule has 0 N–H and O–H groups in total. The fourth-order valence-electron chi connectivity index (χ4n) is 10.9. The lowest BCUT2D eigenvalue weighted by Crippen LogP contribution is -2.17. The zero-order valence-corrected chi connectivity index (χ0v) is 33.8. The first-order valence-corrected chi connectivity index (χ1v) is 22.8. The van der Waals surface area contributed by atoms with Crippen molar-refractivity contribution < 1.29 is 4.74 Å². The van der Waals surface area contributed by atoms with E-state index in [9.17, 15) is 10.5 Å². The number of nitrogens with zero attached hydrogens (tertiary/aromatic N) is 2. The van der Waals surface area contributed by atoms with Crippen LogP contribution in [0.15, 0.2) is 36.4 Å². The van der Waals surface area contributed by atoms with Gasteiger partial charge < -0.3 is 4.74 Å². The third kappa shape index (κ3) is 11.6. The van der Waals surface area contributed by atoms with E-state index in [1.165, 1.54) is 125 Å². The van der Waals surface area contributed by atoms with Crippen LogP contribution in [0.25, 0.3) is 0 Å². The summed E-state index contributed by atoms with van der Waals surface area (Å²) in [6, 6.07) is 19.7. The molecule has 0 bridgehead atoms. The molecular weight excluding hydrogens is 645 g/mol. The van der Waals surface area contributed by atoms with E-state index in [2.05, 4.69) is 62.4 Å². The van der Waals surface area contributed by atoms with E-state index in [-0.39, 0.29) is 11.8 Å². The molecule has 3 heteroatoms. The summed E-state index contributed by atoms with van der Waals surface area (Å²) in [6.07, 6.45) is 32.8. The molecule has 0 aromatic heterocycles. The molecule has 6 rings (SSSR count). The summed E-state index contributed by atoms with van der Waals surface area (Å²) in [7, 11) is 0. The molecule has 2 aromatic carbocycles. The first-order chi connectivity index (χ1) is 26.0. The summed E-state index contributed by atoms with van der Waals surface area (Å²) < 4.78 is 7.13. The van der Waals surface area contributed by atoms with Crippen LogP contribution in [-0.4, -0.2) is 0 Å². The van der Waals surface area contributed by atoms with Crippen LogP contribution >= 0.6 is 0 Å². The minimum absolute atomic E-state index is 0.237. The second-order valence-electron chi connectivity index (χ2n) is 18.4. The van der Waals surface area contributed by atoms with E-state index in [1.54, 1.807) is 0 Å². The van der Waals surface area contributed by atoms with Crippen LogP contribution in [0.1, 0.15) is 202 Å². The van der Waals surface area contributed by atoms with Crippen molar-refractivity contribution in [3.63, 3.8) is 0 Å². The van der Waals surface area contributed by atoms with E-state index in [0.29, 0.717) is 23.7 Å². The van der Waals surface area contributed by atoms with Crippen LogP contribution < -0.4 is 4.74 Å². The number of hydrogen-bond donors (Lipinski definition) is 0. The van der Waals surface area contributed by atoms with E-state index < -0.39 is 0 Å². The summed E-state index contributed by atoms with van der Waals surface area (Å²) in [5, 5.41) is 19.1. The van der Waals surface area contributed by atoms with Crippen LogP contribution in [0.4, 0.5) is 0 Å². The minimum atomic E-state index is 0.237. The molecule has 4 aliphatic carbocycles.